The minimum absolute atomic E-state index is 0.126. The van der Waals surface area contributed by atoms with Gasteiger partial charge in [0.25, 0.3) is 0 Å². The zero-order valence-corrected chi connectivity index (χ0v) is 14.8. The molecule has 2 aromatic carbocycles. The van der Waals surface area contributed by atoms with Gasteiger partial charge in [0.15, 0.2) is 0 Å². The summed E-state index contributed by atoms with van der Waals surface area (Å²) in [6, 6.07) is 14.8. The van der Waals surface area contributed by atoms with Crippen LogP contribution in [0, 0.1) is 6.92 Å². The van der Waals surface area contributed by atoms with Gasteiger partial charge in [-0.25, -0.2) is 0 Å². The maximum atomic E-state index is 12.4. The molecule has 0 aromatic heterocycles. The first-order chi connectivity index (χ1) is 12.5. The highest BCUT2D eigenvalue weighted by Crippen LogP contribution is 2.20. The van der Waals surface area contributed by atoms with E-state index in [0.29, 0.717) is 24.3 Å². The second-order valence-electron chi connectivity index (χ2n) is 6.51. The van der Waals surface area contributed by atoms with Gasteiger partial charge in [0.1, 0.15) is 5.75 Å². The number of phenols is 1. The number of phenolic OH excluding ortho intramolecular Hbond substituents is 1. The van der Waals surface area contributed by atoms with Gasteiger partial charge < -0.3 is 15.3 Å². The summed E-state index contributed by atoms with van der Waals surface area (Å²) in [6.07, 6.45) is 0. The number of benzene rings is 2. The van der Waals surface area contributed by atoms with Gasteiger partial charge in [0.05, 0.1) is 0 Å². The molecule has 136 valence electrons. The smallest absolute Gasteiger partial charge is 0.313 e. The van der Waals surface area contributed by atoms with Gasteiger partial charge in [-0.05, 0) is 36.2 Å². The van der Waals surface area contributed by atoms with Gasteiger partial charge in [-0.15, -0.1) is 0 Å². The largest absolute Gasteiger partial charge is 0.508 e. The number of rotatable bonds is 3. The maximum Gasteiger partial charge on any atom is 0.313 e. The predicted molar refractivity (Wildman–Crippen MR) is 99.8 cm³/mol. The molecule has 2 amide bonds. The average molecular weight is 353 g/mol. The monoisotopic (exact) mass is 353 g/mol. The first-order valence-corrected chi connectivity index (χ1v) is 8.69. The molecule has 0 atom stereocenters. The van der Waals surface area contributed by atoms with E-state index >= 15 is 0 Å². The van der Waals surface area contributed by atoms with Crippen molar-refractivity contribution >= 4 is 17.5 Å². The average Bonchev–Trinajstić information content (AvgIpc) is 2.65. The lowest BCUT2D eigenvalue weighted by atomic mass is 10.2. The Labute approximate surface area is 153 Å². The van der Waals surface area contributed by atoms with Crippen LogP contribution in [-0.4, -0.2) is 52.9 Å². The maximum absolute atomic E-state index is 12.4. The summed E-state index contributed by atoms with van der Waals surface area (Å²) in [4.78, 5) is 28.5. The zero-order chi connectivity index (χ0) is 18.5. The van der Waals surface area contributed by atoms with Crippen LogP contribution in [0.25, 0.3) is 0 Å². The van der Waals surface area contributed by atoms with Crippen molar-refractivity contribution in [2.75, 3.05) is 31.5 Å². The van der Waals surface area contributed by atoms with E-state index in [2.05, 4.69) is 22.3 Å². The third-order valence-electron chi connectivity index (χ3n) is 4.56. The number of nitrogens with one attached hydrogen (secondary N) is 1. The van der Waals surface area contributed by atoms with Gasteiger partial charge in [-0.3, -0.25) is 14.5 Å². The van der Waals surface area contributed by atoms with Crippen LogP contribution < -0.4 is 5.32 Å². The van der Waals surface area contributed by atoms with Crippen molar-refractivity contribution in [3.05, 3.63) is 59.7 Å². The quantitative estimate of drug-likeness (QED) is 0.654. The molecule has 0 spiro atoms. The van der Waals surface area contributed by atoms with E-state index < -0.39 is 11.8 Å². The number of nitrogens with zero attached hydrogens (tertiary/aromatic N) is 2. The van der Waals surface area contributed by atoms with Crippen LogP contribution in [0.4, 0.5) is 5.69 Å². The van der Waals surface area contributed by atoms with Crippen molar-refractivity contribution in [1.82, 2.24) is 9.80 Å². The molecule has 1 fully saturated rings. The number of hydrogen-bond acceptors (Lipinski definition) is 4. The van der Waals surface area contributed by atoms with Crippen LogP contribution in [0.3, 0.4) is 0 Å². The molecular formula is C20H23N3O3. The molecule has 2 aromatic rings. The summed E-state index contributed by atoms with van der Waals surface area (Å²) in [5.74, 6) is -1.03. The molecule has 1 heterocycles. The normalized spacial score (nSPS) is 14.9. The Morgan fingerprint density at radius 1 is 1.04 bits per heavy atom. The van der Waals surface area contributed by atoms with Gasteiger partial charge in [-0.1, -0.05) is 30.3 Å². The molecule has 1 aliphatic heterocycles. The minimum Gasteiger partial charge on any atom is -0.508 e. The Morgan fingerprint density at radius 3 is 2.38 bits per heavy atom. The van der Waals surface area contributed by atoms with E-state index in [1.165, 1.54) is 11.6 Å². The number of aryl methyl sites for hydroxylation is 1. The molecule has 0 radical (unpaired) electrons. The Morgan fingerprint density at radius 2 is 1.73 bits per heavy atom. The first kappa shape index (κ1) is 17.9. The third kappa shape index (κ3) is 4.40. The van der Waals surface area contributed by atoms with Crippen LogP contribution in [0.15, 0.2) is 48.5 Å². The lowest BCUT2D eigenvalue weighted by Crippen LogP contribution is -2.51. The highest BCUT2D eigenvalue weighted by atomic mass is 16.3. The Hall–Kier alpha value is -2.86. The molecule has 2 N–H and O–H groups in total. The molecular weight excluding hydrogens is 330 g/mol. The minimum atomic E-state index is -0.643. The van der Waals surface area contributed by atoms with Crippen LogP contribution in [0.5, 0.6) is 5.75 Å². The number of aromatic hydroxyl groups is 1. The van der Waals surface area contributed by atoms with Crippen LogP contribution >= 0.6 is 0 Å². The van der Waals surface area contributed by atoms with Gasteiger partial charge in [-0.2, -0.15) is 0 Å². The molecule has 6 heteroatoms. The number of carbonyl (C=O) groups is 2. The lowest BCUT2D eigenvalue weighted by Gasteiger charge is -2.34. The Kier molecular flexibility index (Phi) is 5.53. The van der Waals surface area contributed by atoms with Crippen molar-refractivity contribution in [3.8, 4) is 5.75 Å². The summed E-state index contributed by atoms with van der Waals surface area (Å²) in [6.45, 7) is 5.17. The molecule has 26 heavy (non-hydrogen) atoms. The summed E-state index contributed by atoms with van der Waals surface area (Å²) in [5.41, 5.74) is 2.48. The van der Waals surface area contributed by atoms with E-state index in [1.807, 2.05) is 18.2 Å². The molecule has 0 aliphatic carbocycles. The predicted octanol–water partition coefficient (Wildman–Crippen LogP) is 1.98. The van der Waals surface area contributed by atoms with E-state index in [1.54, 1.807) is 24.0 Å². The lowest BCUT2D eigenvalue weighted by molar-refractivity contribution is -0.144. The molecule has 0 bridgehead atoms. The van der Waals surface area contributed by atoms with E-state index in [0.717, 1.165) is 19.6 Å². The van der Waals surface area contributed by atoms with E-state index in [-0.39, 0.29) is 5.75 Å². The summed E-state index contributed by atoms with van der Waals surface area (Å²) < 4.78 is 0. The number of hydrogen-bond donors (Lipinski definition) is 2. The van der Waals surface area contributed by atoms with Crippen molar-refractivity contribution in [3.63, 3.8) is 0 Å². The van der Waals surface area contributed by atoms with Crippen LogP contribution in [-0.2, 0) is 16.1 Å². The van der Waals surface area contributed by atoms with Gasteiger partial charge in [0.2, 0.25) is 0 Å². The second kappa shape index (κ2) is 8.01. The molecule has 0 unspecified atom stereocenters. The molecule has 1 saturated heterocycles. The van der Waals surface area contributed by atoms with E-state index in [4.69, 9.17) is 0 Å². The number of carbonyl (C=O) groups excluding carboxylic acids is 2. The molecule has 3 rings (SSSR count). The van der Waals surface area contributed by atoms with Crippen LogP contribution in [0.1, 0.15) is 11.1 Å². The molecule has 6 nitrogen and oxygen atoms in total. The number of piperazine rings is 1. The van der Waals surface area contributed by atoms with Crippen LogP contribution in [0.2, 0.25) is 0 Å². The highest BCUT2D eigenvalue weighted by Gasteiger charge is 2.26. The Bertz CT molecular complexity index is 784. The van der Waals surface area contributed by atoms with Gasteiger partial charge >= 0.3 is 11.8 Å². The number of amides is 2. The summed E-state index contributed by atoms with van der Waals surface area (Å²) >= 11 is 0. The first-order valence-electron chi connectivity index (χ1n) is 8.69. The zero-order valence-electron chi connectivity index (χ0n) is 14.8. The third-order valence-corrected chi connectivity index (χ3v) is 4.56. The SMILES string of the molecule is Cc1cc(O)ccc1NC(=O)C(=O)N1CCN(Cc2ccccc2)CC1. The summed E-state index contributed by atoms with van der Waals surface area (Å²) in [7, 11) is 0. The second-order valence-corrected chi connectivity index (χ2v) is 6.51. The van der Waals surface area contributed by atoms with E-state index in [9.17, 15) is 14.7 Å². The standard InChI is InChI=1S/C20H23N3O3/c1-15-13-17(24)7-8-18(15)21-19(25)20(26)23-11-9-22(10-12-23)14-16-5-3-2-4-6-16/h2-8,13,24H,9-12,14H2,1H3,(H,21,25). The molecule has 1 aliphatic rings. The molecule has 0 saturated carbocycles. The van der Waals surface area contributed by atoms with Crippen molar-refractivity contribution < 1.29 is 14.7 Å². The van der Waals surface area contributed by atoms with Crippen molar-refractivity contribution in [1.29, 1.82) is 0 Å². The fraction of sp³-hybridized carbons (Fsp3) is 0.300. The summed E-state index contributed by atoms with van der Waals surface area (Å²) in [5, 5.41) is 12.1. The number of anilines is 1. The fourth-order valence-corrected chi connectivity index (χ4v) is 3.06. The topological polar surface area (TPSA) is 72.9 Å². The highest BCUT2D eigenvalue weighted by molar-refractivity contribution is 6.39. The van der Waals surface area contributed by atoms with Crippen molar-refractivity contribution in [2.45, 2.75) is 13.5 Å². The van der Waals surface area contributed by atoms with Gasteiger partial charge in [0, 0.05) is 38.4 Å². The fourth-order valence-electron chi connectivity index (χ4n) is 3.06. The Balaban J connectivity index is 1.52. The van der Waals surface area contributed by atoms with Crippen molar-refractivity contribution in [2.24, 2.45) is 0 Å².